The molecule has 0 unspecified atom stereocenters. The van der Waals surface area contributed by atoms with Gasteiger partial charge in [-0.25, -0.2) is 0 Å². The third-order valence-corrected chi connectivity index (χ3v) is 7.07. The molecule has 2 atom stereocenters. The molecule has 2 aliphatic heterocycles. The average Bonchev–Trinajstić information content (AvgIpc) is 3.01. The number of carbonyl (C=O) groups is 1. The van der Waals surface area contributed by atoms with Crippen LogP contribution in [-0.2, 0) is 10.2 Å². The number of halogens is 1. The molecule has 2 heterocycles. The van der Waals surface area contributed by atoms with Gasteiger partial charge >= 0.3 is 0 Å². The topological polar surface area (TPSA) is 32.3 Å². The van der Waals surface area contributed by atoms with Crippen LogP contribution < -0.4 is 5.32 Å². The van der Waals surface area contributed by atoms with Gasteiger partial charge in [0.15, 0.2) is 0 Å². The van der Waals surface area contributed by atoms with Crippen molar-refractivity contribution in [3.05, 3.63) is 34.9 Å². The van der Waals surface area contributed by atoms with Gasteiger partial charge in [-0.2, -0.15) is 0 Å². The minimum absolute atomic E-state index is 0.319. The van der Waals surface area contributed by atoms with E-state index in [0.29, 0.717) is 5.91 Å². The van der Waals surface area contributed by atoms with Crippen molar-refractivity contribution in [2.75, 3.05) is 26.2 Å². The molecule has 2 saturated heterocycles. The van der Waals surface area contributed by atoms with Crippen LogP contribution in [0.5, 0.6) is 0 Å². The maximum absolute atomic E-state index is 13.7. The smallest absolute Gasteiger partial charge is 0.233 e. The Balaban J connectivity index is 1.58. The summed E-state index contributed by atoms with van der Waals surface area (Å²) in [6.07, 6.45) is 7.82. The predicted molar refractivity (Wildman–Crippen MR) is 102 cm³/mol. The number of rotatable bonds is 2. The van der Waals surface area contributed by atoms with Gasteiger partial charge in [0, 0.05) is 18.1 Å². The van der Waals surface area contributed by atoms with Crippen LogP contribution in [0.3, 0.4) is 0 Å². The zero-order chi connectivity index (χ0) is 17.3. The Morgan fingerprint density at radius 3 is 2.20 bits per heavy atom. The molecule has 4 heteroatoms. The molecule has 1 aliphatic carbocycles. The third-order valence-electron chi connectivity index (χ3n) is 6.82. The highest BCUT2D eigenvalue weighted by Crippen LogP contribution is 2.42. The van der Waals surface area contributed by atoms with Crippen molar-refractivity contribution in [1.29, 1.82) is 0 Å². The van der Waals surface area contributed by atoms with Crippen LogP contribution in [0, 0.1) is 11.8 Å². The molecule has 1 saturated carbocycles. The lowest BCUT2D eigenvalue weighted by atomic mass is 9.68. The van der Waals surface area contributed by atoms with E-state index in [-0.39, 0.29) is 5.41 Å². The summed E-state index contributed by atoms with van der Waals surface area (Å²) in [7, 11) is 0. The highest BCUT2D eigenvalue weighted by molar-refractivity contribution is 6.30. The molecule has 25 heavy (non-hydrogen) atoms. The molecule has 136 valence electrons. The lowest BCUT2D eigenvalue weighted by Crippen LogP contribution is -2.48. The van der Waals surface area contributed by atoms with Crippen molar-refractivity contribution in [1.82, 2.24) is 10.2 Å². The quantitative estimate of drug-likeness (QED) is 0.864. The summed E-state index contributed by atoms with van der Waals surface area (Å²) in [5.41, 5.74) is 0.855. The number of nitrogens with zero attached hydrogens (tertiary/aromatic N) is 1. The molecule has 1 amide bonds. The van der Waals surface area contributed by atoms with Crippen LogP contribution in [0.1, 0.15) is 50.5 Å². The number of fused-ring (bicyclic) bond motifs is 1. The second-order valence-electron chi connectivity index (χ2n) is 8.20. The van der Waals surface area contributed by atoms with Crippen LogP contribution in [0.4, 0.5) is 0 Å². The van der Waals surface area contributed by atoms with Crippen LogP contribution in [0.25, 0.3) is 0 Å². The Bertz CT molecular complexity index is 595. The fourth-order valence-electron chi connectivity index (χ4n) is 5.27. The zero-order valence-corrected chi connectivity index (χ0v) is 15.7. The third kappa shape index (κ3) is 3.33. The monoisotopic (exact) mass is 360 g/mol. The molecule has 0 spiro atoms. The van der Waals surface area contributed by atoms with E-state index in [1.807, 2.05) is 12.1 Å². The van der Waals surface area contributed by atoms with E-state index in [1.165, 1.54) is 12.0 Å². The van der Waals surface area contributed by atoms with E-state index < -0.39 is 0 Å². The van der Waals surface area contributed by atoms with Crippen LogP contribution in [0.15, 0.2) is 24.3 Å². The van der Waals surface area contributed by atoms with Gasteiger partial charge < -0.3 is 10.2 Å². The first-order chi connectivity index (χ1) is 12.2. The Labute approximate surface area is 156 Å². The standard InChI is InChI=1S/C21H29ClN2O/c22-19-6-4-18(5-7-19)21(10-2-1-3-11-21)20(25)24-12-8-16-14-23-15-17(16)9-13-24/h4-7,16-17,23H,1-3,8-15H2/t16-,17+. The van der Waals surface area contributed by atoms with Gasteiger partial charge in [0.25, 0.3) is 0 Å². The number of carbonyl (C=O) groups excluding carboxylic acids is 1. The van der Waals surface area contributed by atoms with Crippen molar-refractivity contribution in [3.63, 3.8) is 0 Å². The van der Waals surface area contributed by atoms with Crippen LogP contribution in [0.2, 0.25) is 5.02 Å². The van der Waals surface area contributed by atoms with E-state index in [2.05, 4.69) is 22.3 Å². The zero-order valence-electron chi connectivity index (χ0n) is 15.0. The second-order valence-corrected chi connectivity index (χ2v) is 8.63. The Morgan fingerprint density at radius 1 is 1.00 bits per heavy atom. The van der Waals surface area contributed by atoms with Gasteiger partial charge in [-0.3, -0.25) is 4.79 Å². The first-order valence-electron chi connectivity index (χ1n) is 9.95. The molecule has 0 aromatic heterocycles. The molecule has 3 aliphatic rings. The normalized spacial score (nSPS) is 29.1. The highest BCUT2D eigenvalue weighted by atomic mass is 35.5. The molecule has 3 fully saturated rings. The van der Waals surface area contributed by atoms with Crippen molar-refractivity contribution in [3.8, 4) is 0 Å². The fourth-order valence-corrected chi connectivity index (χ4v) is 5.40. The van der Waals surface area contributed by atoms with Gasteiger partial charge in [-0.15, -0.1) is 0 Å². The van der Waals surface area contributed by atoms with Gasteiger partial charge in [0.2, 0.25) is 5.91 Å². The van der Waals surface area contributed by atoms with Gasteiger partial charge in [-0.1, -0.05) is 43.0 Å². The number of hydrogen-bond acceptors (Lipinski definition) is 2. The van der Waals surface area contributed by atoms with E-state index in [9.17, 15) is 4.79 Å². The Morgan fingerprint density at radius 2 is 1.60 bits per heavy atom. The Kier molecular flexibility index (Phi) is 5.06. The maximum Gasteiger partial charge on any atom is 0.233 e. The van der Waals surface area contributed by atoms with Gasteiger partial charge in [0.05, 0.1) is 5.41 Å². The number of nitrogens with one attached hydrogen (secondary N) is 1. The summed E-state index contributed by atoms with van der Waals surface area (Å²) in [6.45, 7) is 4.12. The van der Waals surface area contributed by atoms with Crippen molar-refractivity contribution >= 4 is 17.5 Å². The van der Waals surface area contributed by atoms with Gasteiger partial charge in [0.1, 0.15) is 0 Å². The number of hydrogen-bond donors (Lipinski definition) is 1. The van der Waals surface area contributed by atoms with Crippen molar-refractivity contribution < 1.29 is 4.79 Å². The van der Waals surface area contributed by atoms with Crippen molar-refractivity contribution in [2.45, 2.75) is 50.4 Å². The summed E-state index contributed by atoms with van der Waals surface area (Å²) >= 11 is 6.10. The first kappa shape index (κ1) is 17.4. The molecule has 1 N–H and O–H groups in total. The van der Waals surface area contributed by atoms with E-state index in [4.69, 9.17) is 11.6 Å². The number of likely N-dealkylation sites (tertiary alicyclic amines) is 1. The number of amides is 1. The fraction of sp³-hybridized carbons (Fsp3) is 0.667. The average molecular weight is 361 g/mol. The molecule has 4 rings (SSSR count). The largest absolute Gasteiger partial charge is 0.342 e. The molecular formula is C21H29ClN2O. The molecule has 0 radical (unpaired) electrons. The van der Waals surface area contributed by atoms with E-state index in [1.54, 1.807) is 0 Å². The summed E-state index contributed by atoms with van der Waals surface area (Å²) in [5, 5.41) is 4.27. The molecule has 0 bridgehead atoms. The first-order valence-corrected chi connectivity index (χ1v) is 10.3. The summed E-state index contributed by atoms with van der Waals surface area (Å²) in [5.74, 6) is 1.90. The second kappa shape index (κ2) is 7.28. The molecule has 1 aromatic rings. The highest BCUT2D eigenvalue weighted by Gasteiger charge is 2.44. The van der Waals surface area contributed by atoms with Crippen LogP contribution in [-0.4, -0.2) is 37.0 Å². The SMILES string of the molecule is O=C(N1CC[C@@H]2CNC[C@@H]2CC1)C1(c2ccc(Cl)cc2)CCCCC1. The summed E-state index contributed by atoms with van der Waals surface area (Å²) < 4.78 is 0. The molecule has 3 nitrogen and oxygen atoms in total. The number of benzene rings is 1. The minimum atomic E-state index is -0.319. The lowest BCUT2D eigenvalue weighted by molar-refractivity contribution is -0.139. The minimum Gasteiger partial charge on any atom is -0.342 e. The van der Waals surface area contributed by atoms with Crippen LogP contribution >= 0.6 is 11.6 Å². The Hall–Kier alpha value is -1.06. The summed E-state index contributed by atoms with van der Waals surface area (Å²) in [6, 6.07) is 8.06. The maximum atomic E-state index is 13.7. The molecule has 1 aromatic carbocycles. The van der Waals surface area contributed by atoms with E-state index >= 15 is 0 Å². The van der Waals surface area contributed by atoms with Gasteiger partial charge in [-0.05, 0) is 68.3 Å². The lowest BCUT2D eigenvalue weighted by Gasteiger charge is -2.40. The van der Waals surface area contributed by atoms with Crippen molar-refractivity contribution in [2.24, 2.45) is 11.8 Å². The summed E-state index contributed by atoms with van der Waals surface area (Å²) in [4.78, 5) is 15.9. The molecular weight excluding hydrogens is 332 g/mol. The van der Waals surface area contributed by atoms with E-state index in [0.717, 1.165) is 81.6 Å². The predicted octanol–water partition coefficient (Wildman–Crippen LogP) is 4.00.